The Labute approximate surface area is 70.9 Å². The lowest BCUT2D eigenvalue weighted by Gasteiger charge is -2.17. The molecule has 0 bridgehead atoms. The molecule has 0 spiro atoms. The maximum atomic E-state index is 13.9. The second kappa shape index (κ2) is 2.42. The van der Waals surface area contributed by atoms with Gasteiger partial charge in [-0.2, -0.15) is 0 Å². The second-order valence-corrected chi connectivity index (χ2v) is 3.76. The van der Waals surface area contributed by atoms with E-state index in [0.717, 1.165) is 0 Å². The number of carbonyl (C=O) groups is 1. The van der Waals surface area contributed by atoms with Gasteiger partial charge in [0.1, 0.15) is 5.67 Å². The van der Waals surface area contributed by atoms with E-state index >= 15 is 0 Å². The van der Waals surface area contributed by atoms with Gasteiger partial charge in [-0.25, -0.2) is 4.39 Å². The van der Waals surface area contributed by atoms with Crippen LogP contribution in [0.3, 0.4) is 0 Å². The summed E-state index contributed by atoms with van der Waals surface area (Å²) < 4.78 is 13.9. The number of amides is 1. The van der Waals surface area contributed by atoms with Gasteiger partial charge in [0.2, 0.25) is 5.91 Å². The molecule has 3 nitrogen and oxygen atoms in total. The monoisotopic (exact) mass is 172 g/mol. The molecule has 0 saturated carbocycles. The van der Waals surface area contributed by atoms with Crippen LogP contribution in [0.25, 0.3) is 0 Å². The lowest BCUT2D eigenvalue weighted by atomic mass is 9.97. The van der Waals surface area contributed by atoms with Crippen molar-refractivity contribution in [3.8, 4) is 0 Å². The smallest absolute Gasteiger partial charge is 0.219 e. The van der Waals surface area contributed by atoms with E-state index in [-0.39, 0.29) is 18.4 Å². The number of hydrogen-bond donors (Lipinski definition) is 1. The average Bonchev–Trinajstić information content (AvgIpc) is 2.41. The molecule has 0 aliphatic carbocycles. The van der Waals surface area contributed by atoms with Crippen LogP contribution in [0.4, 0.5) is 4.39 Å². The first-order chi connectivity index (χ1) is 5.62. The molecule has 2 aliphatic heterocycles. The lowest BCUT2D eigenvalue weighted by Crippen LogP contribution is -2.36. The number of alkyl halides is 1. The lowest BCUT2D eigenvalue weighted by molar-refractivity contribution is -0.128. The molecule has 2 aliphatic rings. The largest absolute Gasteiger partial charge is 0.339 e. The van der Waals surface area contributed by atoms with Crippen molar-refractivity contribution in [3.63, 3.8) is 0 Å². The Bertz CT molecular complexity index is 221. The standard InChI is InChI=1S/C8H13FN2O/c1-6(12)11-3-7-2-10-4-8(7,9)5-11/h7,10H,2-5H2,1H3. The van der Waals surface area contributed by atoms with Crippen LogP contribution in [0.5, 0.6) is 0 Å². The molecule has 0 aromatic rings. The molecule has 2 heterocycles. The molecule has 0 aromatic heterocycles. The molecule has 2 fully saturated rings. The maximum Gasteiger partial charge on any atom is 0.219 e. The van der Waals surface area contributed by atoms with Gasteiger partial charge in [0.15, 0.2) is 0 Å². The van der Waals surface area contributed by atoms with Crippen LogP contribution in [0, 0.1) is 5.92 Å². The van der Waals surface area contributed by atoms with Crippen LogP contribution >= 0.6 is 0 Å². The van der Waals surface area contributed by atoms with Crippen LogP contribution in [-0.4, -0.2) is 42.7 Å². The summed E-state index contributed by atoms with van der Waals surface area (Å²) in [5.41, 5.74) is -1.15. The van der Waals surface area contributed by atoms with Gasteiger partial charge in [-0.3, -0.25) is 4.79 Å². The van der Waals surface area contributed by atoms with E-state index in [9.17, 15) is 9.18 Å². The molecular formula is C8H13FN2O. The summed E-state index contributed by atoms with van der Waals surface area (Å²) in [5, 5.41) is 3.01. The zero-order valence-electron chi connectivity index (χ0n) is 7.14. The first-order valence-electron chi connectivity index (χ1n) is 4.27. The summed E-state index contributed by atoms with van der Waals surface area (Å²) in [7, 11) is 0. The Morgan fingerprint density at radius 2 is 2.50 bits per heavy atom. The van der Waals surface area contributed by atoms with E-state index in [1.54, 1.807) is 4.90 Å². The fourth-order valence-corrected chi connectivity index (χ4v) is 2.08. The van der Waals surface area contributed by atoms with Crippen molar-refractivity contribution < 1.29 is 9.18 Å². The molecule has 2 rings (SSSR count). The summed E-state index contributed by atoms with van der Waals surface area (Å²) in [6, 6.07) is 0. The molecule has 68 valence electrons. The number of halogens is 1. The van der Waals surface area contributed by atoms with Crippen LogP contribution in [0.15, 0.2) is 0 Å². The molecule has 4 heteroatoms. The predicted molar refractivity (Wildman–Crippen MR) is 42.5 cm³/mol. The normalized spacial score (nSPS) is 40.2. The van der Waals surface area contributed by atoms with Crippen molar-refractivity contribution >= 4 is 5.91 Å². The Hall–Kier alpha value is -0.640. The number of fused-ring (bicyclic) bond motifs is 1. The van der Waals surface area contributed by atoms with Gasteiger partial charge in [-0.1, -0.05) is 0 Å². The summed E-state index contributed by atoms with van der Waals surface area (Å²) in [4.78, 5) is 12.6. The van der Waals surface area contributed by atoms with Gasteiger partial charge >= 0.3 is 0 Å². The van der Waals surface area contributed by atoms with E-state index in [4.69, 9.17) is 0 Å². The Morgan fingerprint density at radius 3 is 3.08 bits per heavy atom. The Morgan fingerprint density at radius 1 is 1.75 bits per heavy atom. The number of nitrogens with one attached hydrogen (secondary N) is 1. The highest BCUT2D eigenvalue weighted by atomic mass is 19.1. The zero-order valence-corrected chi connectivity index (χ0v) is 7.14. The average molecular weight is 172 g/mol. The van der Waals surface area contributed by atoms with Gasteiger partial charge in [0.25, 0.3) is 0 Å². The number of rotatable bonds is 0. The van der Waals surface area contributed by atoms with E-state index in [0.29, 0.717) is 19.6 Å². The SMILES string of the molecule is CC(=O)N1CC2CNCC2(F)C1. The molecule has 0 radical (unpaired) electrons. The minimum atomic E-state index is -1.15. The minimum Gasteiger partial charge on any atom is -0.339 e. The topological polar surface area (TPSA) is 32.3 Å². The number of likely N-dealkylation sites (tertiary alicyclic amines) is 1. The summed E-state index contributed by atoms with van der Waals surface area (Å²) in [6.07, 6.45) is 0. The van der Waals surface area contributed by atoms with Gasteiger partial charge in [0, 0.05) is 32.5 Å². The third kappa shape index (κ3) is 1.02. The Balaban J connectivity index is 2.11. The van der Waals surface area contributed by atoms with Crippen LogP contribution < -0.4 is 5.32 Å². The van der Waals surface area contributed by atoms with E-state index in [1.807, 2.05) is 0 Å². The van der Waals surface area contributed by atoms with Crippen LogP contribution in [-0.2, 0) is 4.79 Å². The first kappa shape index (κ1) is 7.98. The number of nitrogens with zero attached hydrogens (tertiary/aromatic N) is 1. The second-order valence-electron chi connectivity index (χ2n) is 3.76. The molecule has 0 aromatic carbocycles. The number of carbonyl (C=O) groups excluding carboxylic acids is 1. The van der Waals surface area contributed by atoms with E-state index in [2.05, 4.69) is 5.32 Å². The van der Waals surface area contributed by atoms with Crippen molar-refractivity contribution in [1.82, 2.24) is 10.2 Å². The van der Waals surface area contributed by atoms with Crippen molar-refractivity contribution in [2.45, 2.75) is 12.6 Å². The molecule has 12 heavy (non-hydrogen) atoms. The highest BCUT2D eigenvalue weighted by Crippen LogP contribution is 2.34. The molecule has 1 N–H and O–H groups in total. The van der Waals surface area contributed by atoms with Crippen molar-refractivity contribution in [2.24, 2.45) is 5.92 Å². The fourth-order valence-electron chi connectivity index (χ4n) is 2.08. The van der Waals surface area contributed by atoms with Gasteiger partial charge < -0.3 is 10.2 Å². The van der Waals surface area contributed by atoms with Crippen molar-refractivity contribution in [1.29, 1.82) is 0 Å². The molecular weight excluding hydrogens is 159 g/mol. The summed E-state index contributed by atoms with van der Waals surface area (Å²) >= 11 is 0. The van der Waals surface area contributed by atoms with Gasteiger partial charge in [-0.15, -0.1) is 0 Å². The molecule has 1 amide bonds. The van der Waals surface area contributed by atoms with Crippen molar-refractivity contribution in [2.75, 3.05) is 26.2 Å². The zero-order chi connectivity index (χ0) is 8.77. The minimum absolute atomic E-state index is 0.0126. The third-order valence-electron chi connectivity index (χ3n) is 2.88. The van der Waals surface area contributed by atoms with Gasteiger partial charge in [-0.05, 0) is 0 Å². The van der Waals surface area contributed by atoms with Gasteiger partial charge in [0.05, 0.1) is 6.54 Å². The first-order valence-corrected chi connectivity index (χ1v) is 4.27. The number of hydrogen-bond acceptors (Lipinski definition) is 2. The highest BCUT2D eigenvalue weighted by molar-refractivity contribution is 5.73. The summed E-state index contributed by atoms with van der Waals surface area (Å²) in [5.74, 6) is 0.00262. The Kier molecular flexibility index (Phi) is 1.61. The molecule has 2 unspecified atom stereocenters. The highest BCUT2D eigenvalue weighted by Gasteiger charge is 2.50. The van der Waals surface area contributed by atoms with E-state index < -0.39 is 5.67 Å². The van der Waals surface area contributed by atoms with Crippen molar-refractivity contribution in [3.05, 3.63) is 0 Å². The maximum absolute atomic E-state index is 13.9. The van der Waals surface area contributed by atoms with Crippen LogP contribution in [0.1, 0.15) is 6.92 Å². The quantitative estimate of drug-likeness (QED) is 0.547. The van der Waals surface area contributed by atoms with E-state index in [1.165, 1.54) is 6.92 Å². The van der Waals surface area contributed by atoms with Crippen LogP contribution in [0.2, 0.25) is 0 Å². The fraction of sp³-hybridized carbons (Fsp3) is 0.875. The molecule has 2 saturated heterocycles. The molecule has 2 atom stereocenters. The predicted octanol–water partition coefficient (Wildman–Crippen LogP) is -0.224. The third-order valence-corrected chi connectivity index (χ3v) is 2.88. The summed E-state index contributed by atoms with van der Waals surface area (Å²) in [6.45, 7) is 3.47.